The first-order valence-electron chi connectivity index (χ1n) is 8.62. The third-order valence-corrected chi connectivity index (χ3v) is 4.80. The molecule has 8 heteroatoms. The largest absolute Gasteiger partial charge is 0.341 e. The highest BCUT2D eigenvalue weighted by atomic mass is 16.2. The van der Waals surface area contributed by atoms with Gasteiger partial charge in [0, 0.05) is 39.8 Å². The summed E-state index contributed by atoms with van der Waals surface area (Å²) in [4.78, 5) is 31.7. The normalized spacial score (nSPS) is 18.5. The lowest BCUT2D eigenvalue weighted by atomic mass is 10.1. The van der Waals surface area contributed by atoms with Gasteiger partial charge in [0.05, 0.1) is 0 Å². The zero-order valence-electron chi connectivity index (χ0n) is 14.7. The number of aromatic nitrogens is 4. The van der Waals surface area contributed by atoms with Crippen LogP contribution in [0.1, 0.15) is 32.6 Å². The molecule has 0 amide bonds. The summed E-state index contributed by atoms with van der Waals surface area (Å²) in [5.41, 5.74) is 6.43. The average molecular weight is 334 g/mol. The molecule has 3 rings (SSSR count). The molecule has 24 heavy (non-hydrogen) atoms. The maximum atomic E-state index is 12.7. The van der Waals surface area contributed by atoms with Gasteiger partial charge in [0.25, 0.3) is 5.56 Å². The van der Waals surface area contributed by atoms with Crippen LogP contribution in [-0.4, -0.2) is 37.8 Å². The first-order chi connectivity index (χ1) is 11.5. The van der Waals surface area contributed by atoms with Crippen molar-refractivity contribution in [3.8, 4) is 0 Å². The van der Waals surface area contributed by atoms with Gasteiger partial charge in [0.15, 0.2) is 11.2 Å². The van der Waals surface area contributed by atoms with Crippen LogP contribution in [0, 0.1) is 0 Å². The Labute approximate surface area is 140 Å². The van der Waals surface area contributed by atoms with E-state index in [1.807, 2.05) is 4.57 Å². The van der Waals surface area contributed by atoms with Crippen LogP contribution in [-0.2, 0) is 20.6 Å². The standard InChI is InChI=1S/C16H26N6O2/c1-4-5-9-22-12-13(19(2)16(24)20(3)14(12)23)18-15(22)21-8-6-7-11(17)10-21/h11H,4-10,17H2,1-3H3. The zero-order valence-corrected chi connectivity index (χ0v) is 14.7. The van der Waals surface area contributed by atoms with Gasteiger partial charge in [-0.1, -0.05) is 13.3 Å². The van der Waals surface area contributed by atoms with Gasteiger partial charge in [-0.15, -0.1) is 0 Å². The number of rotatable bonds is 4. The summed E-state index contributed by atoms with van der Waals surface area (Å²) in [6.45, 7) is 4.42. The molecule has 1 saturated heterocycles. The smallest absolute Gasteiger partial charge is 0.332 e. The Hall–Kier alpha value is -2.09. The fourth-order valence-corrected chi connectivity index (χ4v) is 3.40. The molecule has 1 atom stereocenters. The fraction of sp³-hybridized carbons (Fsp3) is 0.688. The minimum atomic E-state index is -0.352. The van der Waals surface area contributed by atoms with E-state index in [9.17, 15) is 9.59 Å². The van der Waals surface area contributed by atoms with Gasteiger partial charge in [0.2, 0.25) is 5.95 Å². The van der Waals surface area contributed by atoms with E-state index in [4.69, 9.17) is 5.73 Å². The summed E-state index contributed by atoms with van der Waals surface area (Å²) < 4.78 is 4.57. The van der Waals surface area contributed by atoms with E-state index in [0.29, 0.717) is 17.7 Å². The predicted molar refractivity (Wildman–Crippen MR) is 94.5 cm³/mol. The van der Waals surface area contributed by atoms with Crippen molar-refractivity contribution in [3.05, 3.63) is 20.8 Å². The van der Waals surface area contributed by atoms with Crippen molar-refractivity contribution in [3.63, 3.8) is 0 Å². The van der Waals surface area contributed by atoms with Crippen LogP contribution in [0.2, 0.25) is 0 Å². The lowest BCUT2D eigenvalue weighted by Crippen LogP contribution is -2.44. The molecule has 1 fully saturated rings. The SMILES string of the molecule is CCCCn1c(N2CCCC(N)C2)nc2c1c(=O)n(C)c(=O)n2C. The molecule has 132 valence electrons. The molecule has 8 nitrogen and oxygen atoms in total. The zero-order chi connectivity index (χ0) is 17.4. The molecule has 0 radical (unpaired) electrons. The monoisotopic (exact) mass is 334 g/mol. The molecule has 1 aliphatic rings. The molecule has 1 aliphatic heterocycles. The van der Waals surface area contributed by atoms with Crippen molar-refractivity contribution in [1.82, 2.24) is 18.7 Å². The van der Waals surface area contributed by atoms with Gasteiger partial charge in [-0.05, 0) is 19.3 Å². The molecule has 1 unspecified atom stereocenters. The van der Waals surface area contributed by atoms with E-state index in [1.54, 1.807) is 7.05 Å². The summed E-state index contributed by atoms with van der Waals surface area (Å²) in [5, 5.41) is 0. The molecule has 0 bridgehead atoms. The Bertz CT molecular complexity index is 862. The van der Waals surface area contributed by atoms with Gasteiger partial charge < -0.3 is 15.2 Å². The third-order valence-electron chi connectivity index (χ3n) is 4.80. The van der Waals surface area contributed by atoms with Gasteiger partial charge in [-0.3, -0.25) is 13.9 Å². The Morgan fingerprint density at radius 2 is 2.00 bits per heavy atom. The highest BCUT2D eigenvalue weighted by Crippen LogP contribution is 2.23. The second kappa shape index (κ2) is 6.43. The van der Waals surface area contributed by atoms with Crippen LogP contribution in [0.15, 0.2) is 9.59 Å². The Kier molecular flexibility index (Phi) is 4.49. The van der Waals surface area contributed by atoms with Crippen LogP contribution < -0.4 is 21.9 Å². The van der Waals surface area contributed by atoms with Crippen molar-refractivity contribution in [2.75, 3.05) is 18.0 Å². The minimum Gasteiger partial charge on any atom is -0.341 e. The van der Waals surface area contributed by atoms with Gasteiger partial charge in [0.1, 0.15) is 0 Å². The Morgan fingerprint density at radius 3 is 2.67 bits per heavy atom. The van der Waals surface area contributed by atoms with Crippen LogP contribution in [0.5, 0.6) is 0 Å². The molecule has 0 aromatic carbocycles. The van der Waals surface area contributed by atoms with Crippen molar-refractivity contribution in [2.45, 2.75) is 45.2 Å². The quantitative estimate of drug-likeness (QED) is 0.860. The lowest BCUT2D eigenvalue weighted by molar-refractivity contribution is 0.491. The number of fused-ring (bicyclic) bond motifs is 1. The molecule has 2 aromatic heterocycles. The van der Waals surface area contributed by atoms with E-state index >= 15 is 0 Å². The minimum absolute atomic E-state index is 0.116. The number of aryl methyl sites for hydroxylation is 2. The number of hydrogen-bond acceptors (Lipinski definition) is 5. The van der Waals surface area contributed by atoms with Crippen molar-refractivity contribution in [2.24, 2.45) is 19.8 Å². The van der Waals surface area contributed by atoms with E-state index < -0.39 is 0 Å². The maximum absolute atomic E-state index is 12.7. The van der Waals surface area contributed by atoms with Crippen molar-refractivity contribution >= 4 is 17.1 Å². The van der Waals surface area contributed by atoms with Gasteiger partial charge in [-0.25, -0.2) is 4.79 Å². The van der Waals surface area contributed by atoms with Crippen LogP contribution in [0.25, 0.3) is 11.2 Å². The number of nitrogens with zero attached hydrogens (tertiary/aromatic N) is 5. The van der Waals surface area contributed by atoms with Crippen molar-refractivity contribution in [1.29, 1.82) is 0 Å². The lowest BCUT2D eigenvalue weighted by Gasteiger charge is -2.31. The van der Waals surface area contributed by atoms with E-state index in [2.05, 4.69) is 16.8 Å². The molecule has 0 aliphatic carbocycles. The molecule has 2 N–H and O–H groups in total. The number of hydrogen-bond donors (Lipinski definition) is 1. The predicted octanol–water partition coefficient (Wildman–Crippen LogP) is 0.161. The first kappa shape index (κ1) is 16.8. The summed E-state index contributed by atoms with van der Waals surface area (Å²) in [6, 6.07) is 0.116. The van der Waals surface area contributed by atoms with E-state index in [0.717, 1.165) is 49.3 Å². The maximum Gasteiger partial charge on any atom is 0.332 e. The number of imidazole rings is 1. The second-order valence-electron chi connectivity index (χ2n) is 6.64. The average Bonchev–Trinajstić information content (AvgIpc) is 2.95. The van der Waals surface area contributed by atoms with Crippen LogP contribution in [0.4, 0.5) is 5.95 Å². The molecule has 0 spiro atoms. The van der Waals surface area contributed by atoms with Crippen LogP contribution >= 0.6 is 0 Å². The molecular formula is C16H26N6O2. The summed E-state index contributed by atoms with van der Waals surface area (Å²) in [5.74, 6) is 0.756. The second-order valence-corrected chi connectivity index (χ2v) is 6.64. The van der Waals surface area contributed by atoms with Gasteiger partial charge in [-0.2, -0.15) is 4.98 Å². The summed E-state index contributed by atoms with van der Waals surface area (Å²) in [6.07, 6.45) is 3.98. The molecule has 2 aromatic rings. The molecular weight excluding hydrogens is 308 g/mol. The summed E-state index contributed by atoms with van der Waals surface area (Å²) >= 11 is 0. The molecule has 0 saturated carbocycles. The number of anilines is 1. The number of nitrogens with two attached hydrogens (primary N) is 1. The highest BCUT2D eigenvalue weighted by Gasteiger charge is 2.25. The first-order valence-corrected chi connectivity index (χ1v) is 8.62. The fourth-order valence-electron chi connectivity index (χ4n) is 3.40. The highest BCUT2D eigenvalue weighted by molar-refractivity contribution is 5.74. The van der Waals surface area contributed by atoms with E-state index in [1.165, 1.54) is 11.6 Å². The summed E-state index contributed by atoms with van der Waals surface area (Å²) in [7, 11) is 3.17. The Balaban J connectivity index is 2.24. The van der Waals surface area contributed by atoms with Crippen LogP contribution in [0.3, 0.4) is 0 Å². The Morgan fingerprint density at radius 1 is 1.25 bits per heavy atom. The number of piperidine rings is 1. The topological polar surface area (TPSA) is 91.1 Å². The van der Waals surface area contributed by atoms with E-state index in [-0.39, 0.29) is 17.3 Å². The number of unbranched alkanes of at least 4 members (excludes halogenated alkanes) is 1. The van der Waals surface area contributed by atoms with Crippen molar-refractivity contribution < 1.29 is 0 Å². The molecule has 3 heterocycles. The van der Waals surface area contributed by atoms with Gasteiger partial charge >= 0.3 is 5.69 Å². The third kappa shape index (κ3) is 2.64.